The van der Waals surface area contributed by atoms with Gasteiger partial charge in [-0.3, -0.25) is 0 Å². The van der Waals surface area contributed by atoms with Crippen LogP contribution in [-0.2, 0) is 47.1 Å². The number of nitrogens with one attached hydrogen (secondary N) is 1. The summed E-state index contributed by atoms with van der Waals surface area (Å²) in [4.78, 5) is 30.9. The van der Waals surface area contributed by atoms with Crippen molar-refractivity contribution in [3.8, 4) is 0 Å². The second-order valence-electron chi connectivity index (χ2n) is 1.91. The molecule has 6 nitrogen and oxygen atoms in total. The number of aliphatic carboxylic acids is 2. The van der Waals surface area contributed by atoms with Gasteiger partial charge in [-0.25, -0.2) is 9.59 Å². The maximum absolute atomic E-state index is 10.5. The molecule has 68 valence electrons. The Labute approximate surface area is 99.6 Å². The van der Waals surface area contributed by atoms with Gasteiger partial charge in [-0.2, -0.15) is 6.92 Å². The van der Waals surface area contributed by atoms with E-state index in [4.69, 9.17) is 10.2 Å². The SMILES string of the molecule is C[CH-]C(=O)NC(C(=O)O)C(=O)O.[Y+3]. The van der Waals surface area contributed by atoms with Gasteiger partial charge in [-0.1, -0.05) is 0 Å². The number of carboxylic acids is 2. The fourth-order valence-electron chi connectivity index (χ4n) is 0.455. The number of carbonyl (C=O) groups is 3. The van der Waals surface area contributed by atoms with E-state index in [0.29, 0.717) is 0 Å². The van der Waals surface area contributed by atoms with Gasteiger partial charge in [0.25, 0.3) is 0 Å². The molecule has 13 heavy (non-hydrogen) atoms. The second kappa shape index (κ2) is 6.85. The summed E-state index contributed by atoms with van der Waals surface area (Å²) in [6.07, 6.45) is 1.04. The molecule has 0 saturated carbocycles. The van der Waals surface area contributed by atoms with Gasteiger partial charge in [0.1, 0.15) is 0 Å². The second-order valence-corrected chi connectivity index (χ2v) is 1.91. The maximum Gasteiger partial charge on any atom is 3.00 e. The van der Waals surface area contributed by atoms with Gasteiger partial charge in [-0.05, 0) is 0 Å². The average molecular weight is 263 g/mol. The van der Waals surface area contributed by atoms with Gasteiger partial charge in [0.2, 0.25) is 6.04 Å². The zero-order valence-electron chi connectivity index (χ0n) is 6.85. The Morgan fingerprint density at radius 1 is 1.23 bits per heavy atom. The first-order valence-electron chi connectivity index (χ1n) is 3.04. The number of rotatable bonds is 4. The van der Waals surface area contributed by atoms with Crippen LogP contribution in [0.1, 0.15) is 6.92 Å². The summed E-state index contributed by atoms with van der Waals surface area (Å²) in [5, 5.41) is 18.3. The first kappa shape index (κ1) is 14.9. The van der Waals surface area contributed by atoms with Crippen LogP contribution < -0.4 is 5.32 Å². The molecular weight excluding hydrogens is 255 g/mol. The van der Waals surface area contributed by atoms with Gasteiger partial charge < -0.3 is 26.7 Å². The monoisotopic (exact) mass is 263 g/mol. The quantitative estimate of drug-likeness (QED) is 0.439. The molecule has 7 heteroatoms. The smallest absolute Gasteiger partial charge is 0.479 e. The molecule has 0 aliphatic carbocycles. The molecule has 0 saturated heterocycles. The summed E-state index contributed by atoms with van der Waals surface area (Å²) in [7, 11) is 0. The van der Waals surface area contributed by atoms with Gasteiger partial charge in [0.05, 0.1) is 5.91 Å². The number of carboxylic acid groups (broad SMARTS) is 2. The van der Waals surface area contributed by atoms with Crippen LogP contribution in [0.4, 0.5) is 0 Å². The van der Waals surface area contributed by atoms with Crippen LogP contribution in [0.5, 0.6) is 0 Å². The normalized spacial score (nSPS) is 8.46. The van der Waals surface area contributed by atoms with Gasteiger partial charge >= 0.3 is 44.6 Å². The van der Waals surface area contributed by atoms with Crippen LogP contribution in [0.2, 0.25) is 0 Å². The average Bonchev–Trinajstić information content (AvgIpc) is 1.98. The zero-order valence-corrected chi connectivity index (χ0v) is 9.69. The van der Waals surface area contributed by atoms with Crippen molar-refractivity contribution in [3.63, 3.8) is 0 Å². The van der Waals surface area contributed by atoms with Crippen molar-refractivity contribution >= 4 is 17.8 Å². The van der Waals surface area contributed by atoms with Crippen molar-refractivity contribution in [1.29, 1.82) is 0 Å². The molecule has 0 unspecified atom stereocenters. The summed E-state index contributed by atoms with van der Waals surface area (Å²) in [5.41, 5.74) is 0. The van der Waals surface area contributed by atoms with E-state index in [0.717, 1.165) is 6.42 Å². The minimum atomic E-state index is -1.88. The van der Waals surface area contributed by atoms with Crippen LogP contribution in [0.3, 0.4) is 0 Å². The summed E-state index contributed by atoms with van der Waals surface area (Å²) in [6, 6.07) is -1.88. The molecule has 0 aliphatic heterocycles. The Kier molecular flexibility index (Phi) is 7.85. The Balaban J connectivity index is 0. The Morgan fingerprint density at radius 3 is 1.85 bits per heavy atom. The van der Waals surface area contributed by atoms with Crippen molar-refractivity contribution in [1.82, 2.24) is 5.32 Å². The third kappa shape index (κ3) is 5.60. The minimum absolute atomic E-state index is 0. The standard InChI is InChI=1S/C6H8NO5.Y/c1-2-3(8)7-4(5(9)10)6(11)12;/h2,4H,1H3,(H,7,8)(H,9,10)(H,11,12);/q-1;+3. The molecule has 0 aromatic rings. The van der Waals surface area contributed by atoms with Crippen LogP contribution in [-0.4, -0.2) is 34.1 Å². The van der Waals surface area contributed by atoms with Crippen LogP contribution >= 0.6 is 0 Å². The summed E-state index contributed by atoms with van der Waals surface area (Å²) >= 11 is 0. The molecule has 0 radical (unpaired) electrons. The van der Waals surface area contributed by atoms with E-state index in [1.54, 1.807) is 5.32 Å². The molecule has 0 bridgehead atoms. The van der Waals surface area contributed by atoms with Crippen molar-refractivity contribution < 1.29 is 57.3 Å². The van der Waals surface area contributed by atoms with Crippen molar-refractivity contribution in [2.24, 2.45) is 0 Å². The molecule has 0 fully saturated rings. The molecule has 0 aromatic heterocycles. The molecule has 3 N–H and O–H groups in total. The van der Waals surface area contributed by atoms with Crippen molar-refractivity contribution in [3.05, 3.63) is 6.42 Å². The van der Waals surface area contributed by atoms with E-state index >= 15 is 0 Å². The summed E-state index contributed by atoms with van der Waals surface area (Å²) in [6.45, 7) is 1.37. The maximum atomic E-state index is 10.5. The molecular formula is C6H8NO5Y+2. The third-order valence-corrected chi connectivity index (χ3v) is 1.04. The van der Waals surface area contributed by atoms with E-state index in [9.17, 15) is 14.4 Å². The Hall–Kier alpha value is -0.616. The Bertz CT molecular complexity index is 203. The Morgan fingerprint density at radius 2 is 1.62 bits per heavy atom. The number of amides is 1. The largest absolute Gasteiger partial charge is 3.00 e. The molecule has 0 atom stereocenters. The fraction of sp³-hybridized carbons (Fsp3) is 0.333. The first-order chi connectivity index (χ1) is 5.49. The predicted octanol–water partition coefficient (Wildman–Crippen LogP) is -1.14. The molecule has 0 spiro atoms. The van der Waals surface area contributed by atoms with Crippen LogP contribution in [0.25, 0.3) is 0 Å². The van der Waals surface area contributed by atoms with Crippen molar-refractivity contribution in [2.75, 3.05) is 0 Å². The molecule has 0 aromatic carbocycles. The van der Waals surface area contributed by atoms with Crippen molar-refractivity contribution in [2.45, 2.75) is 13.0 Å². The fourth-order valence-corrected chi connectivity index (χ4v) is 0.455. The summed E-state index contributed by atoms with van der Waals surface area (Å²) in [5.74, 6) is -3.93. The third-order valence-electron chi connectivity index (χ3n) is 1.04. The number of carbonyl (C=O) groups excluding carboxylic acids is 1. The van der Waals surface area contributed by atoms with Gasteiger partial charge in [-0.15, -0.1) is 0 Å². The zero-order chi connectivity index (χ0) is 9.72. The number of hydrogen-bond acceptors (Lipinski definition) is 3. The van der Waals surface area contributed by atoms with E-state index in [1.807, 2.05) is 0 Å². The first-order valence-corrected chi connectivity index (χ1v) is 3.04. The van der Waals surface area contributed by atoms with E-state index < -0.39 is 23.9 Å². The molecule has 1 amide bonds. The number of hydrogen-bond donors (Lipinski definition) is 3. The van der Waals surface area contributed by atoms with Gasteiger partial charge in [0.15, 0.2) is 0 Å². The van der Waals surface area contributed by atoms with E-state index in [-0.39, 0.29) is 32.7 Å². The van der Waals surface area contributed by atoms with E-state index in [1.165, 1.54) is 6.92 Å². The topological polar surface area (TPSA) is 104 Å². The predicted molar refractivity (Wildman–Crippen MR) is 37.2 cm³/mol. The molecule has 0 heterocycles. The summed E-state index contributed by atoms with van der Waals surface area (Å²) < 4.78 is 0. The molecule has 0 rings (SSSR count). The minimum Gasteiger partial charge on any atom is -0.479 e. The van der Waals surface area contributed by atoms with E-state index in [2.05, 4.69) is 0 Å². The van der Waals surface area contributed by atoms with Crippen LogP contribution in [0.15, 0.2) is 0 Å². The molecule has 0 aliphatic rings. The van der Waals surface area contributed by atoms with Crippen LogP contribution in [0, 0.1) is 6.42 Å². The van der Waals surface area contributed by atoms with Gasteiger partial charge in [0, 0.05) is 0 Å².